The first-order valence-electron chi connectivity index (χ1n) is 3.80. The van der Waals surface area contributed by atoms with Crippen LogP contribution in [0.1, 0.15) is 12.5 Å². The molecule has 0 amide bonds. The molecule has 0 fully saturated rings. The molecule has 1 N–H and O–H groups in total. The Hall–Kier alpha value is -0.540. The van der Waals surface area contributed by atoms with Crippen molar-refractivity contribution >= 4 is 15.9 Å². The Morgan fingerprint density at radius 3 is 2.83 bits per heavy atom. The van der Waals surface area contributed by atoms with Gasteiger partial charge in [0.1, 0.15) is 5.75 Å². The molecule has 0 spiro atoms. The maximum atomic E-state index is 8.97. The summed E-state index contributed by atoms with van der Waals surface area (Å²) in [4.78, 5) is 0. The second kappa shape index (κ2) is 4.48. The second-order valence-electron chi connectivity index (χ2n) is 2.34. The van der Waals surface area contributed by atoms with Gasteiger partial charge in [-0.05, 0) is 25.1 Å². The zero-order valence-electron chi connectivity index (χ0n) is 6.88. The van der Waals surface area contributed by atoms with Crippen molar-refractivity contribution in [1.29, 1.82) is 0 Å². The summed E-state index contributed by atoms with van der Waals surface area (Å²) in [5.74, 6) is 0.753. The predicted molar refractivity (Wildman–Crippen MR) is 51.2 cm³/mol. The molecule has 66 valence electrons. The summed E-state index contributed by atoms with van der Waals surface area (Å²) in [7, 11) is 0. The van der Waals surface area contributed by atoms with Crippen molar-refractivity contribution in [2.45, 2.75) is 13.5 Å². The second-order valence-corrected chi connectivity index (χ2v) is 3.26. The van der Waals surface area contributed by atoms with Crippen LogP contribution in [0.15, 0.2) is 22.7 Å². The van der Waals surface area contributed by atoms with E-state index in [1.807, 2.05) is 25.1 Å². The SMILES string of the molecule is CCOc1ccc(Br)cc1CO. The van der Waals surface area contributed by atoms with Crippen molar-refractivity contribution in [3.63, 3.8) is 0 Å². The summed E-state index contributed by atoms with van der Waals surface area (Å²) >= 11 is 3.32. The Labute approximate surface area is 80.3 Å². The van der Waals surface area contributed by atoms with Gasteiger partial charge in [0.05, 0.1) is 13.2 Å². The molecule has 0 aromatic heterocycles. The quantitative estimate of drug-likeness (QED) is 0.865. The largest absolute Gasteiger partial charge is 0.494 e. The maximum Gasteiger partial charge on any atom is 0.124 e. The van der Waals surface area contributed by atoms with Gasteiger partial charge in [0.15, 0.2) is 0 Å². The van der Waals surface area contributed by atoms with Gasteiger partial charge >= 0.3 is 0 Å². The lowest BCUT2D eigenvalue weighted by Crippen LogP contribution is -1.96. The van der Waals surface area contributed by atoms with Crippen molar-refractivity contribution in [2.24, 2.45) is 0 Å². The van der Waals surface area contributed by atoms with Crippen LogP contribution < -0.4 is 4.74 Å². The maximum absolute atomic E-state index is 8.97. The van der Waals surface area contributed by atoms with E-state index < -0.39 is 0 Å². The zero-order chi connectivity index (χ0) is 8.97. The number of rotatable bonds is 3. The van der Waals surface area contributed by atoms with Crippen LogP contribution in [0.25, 0.3) is 0 Å². The van der Waals surface area contributed by atoms with Crippen molar-refractivity contribution in [3.05, 3.63) is 28.2 Å². The first kappa shape index (κ1) is 9.55. The smallest absolute Gasteiger partial charge is 0.124 e. The third-order valence-electron chi connectivity index (χ3n) is 1.49. The molecule has 2 nitrogen and oxygen atoms in total. The third-order valence-corrected chi connectivity index (χ3v) is 1.99. The zero-order valence-corrected chi connectivity index (χ0v) is 8.47. The summed E-state index contributed by atoms with van der Waals surface area (Å²) in [5, 5.41) is 8.97. The Morgan fingerprint density at radius 1 is 1.50 bits per heavy atom. The van der Waals surface area contributed by atoms with Crippen LogP contribution >= 0.6 is 15.9 Å². The molecule has 12 heavy (non-hydrogen) atoms. The number of hydrogen-bond donors (Lipinski definition) is 1. The number of hydrogen-bond acceptors (Lipinski definition) is 2. The van der Waals surface area contributed by atoms with Crippen LogP contribution in [-0.2, 0) is 6.61 Å². The lowest BCUT2D eigenvalue weighted by Gasteiger charge is -2.07. The van der Waals surface area contributed by atoms with E-state index in [1.54, 1.807) is 0 Å². The molecule has 0 aliphatic carbocycles. The first-order chi connectivity index (χ1) is 5.77. The molecule has 1 rings (SSSR count). The predicted octanol–water partition coefficient (Wildman–Crippen LogP) is 2.34. The fraction of sp³-hybridized carbons (Fsp3) is 0.333. The Bertz CT molecular complexity index is 261. The summed E-state index contributed by atoms with van der Waals surface area (Å²) in [6.07, 6.45) is 0. The molecular formula is C9H11BrO2. The van der Waals surface area contributed by atoms with E-state index in [0.717, 1.165) is 15.8 Å². The van der Waals surface area contributed by atoms with Crippen LogP contribution in [0.3, 0.4) is 0 Å². The highest BCUT2D eigenvalue weighted by atomic mass is 79.9. The fourth-order valence-corrected chi connectivity index (χ4v) is 1.38. The minimum atomic E-state index is 0.00870. The minimum Gasteiger partial charge on any atom is -0.494 e. The van der Waals surface area contributed by atoms with Gasteiger partial charge in [0.2, 0.25) is 0 Å². The van der Waals surface area contributed by atoms with E-state index in [2.05, 4.69) is 15.9 Å². The Kier molecular flexibility index (Phi) is 3.56. The van der Waals surface area contributed by atoms with E-state index in [0.29, 0.717) is 6.61 Å². The van der Waals surface area contributed by atoms with E-state index in [1.165, 1.54) is 0 Å². The lowest BCUT2D eigenvalue weighted by molar-refractivity contribution is 0.267. The summed E-state index contributed by atoms with van der Waals surface area (Å²) in [5.41, 5.74) is 0.811. The molecule has 0 bridgehead atoms. The summed E-state index contributed by atoms with van der Waals surface area (Å²) in [6, 6.07) is 5.59. The van der Waals surface area contributed by atoms with E-state index in [-0.39, 0.29) is 6.61 Å². The van der Waals surface area contributed by atoms with Crippen molar-refractivity contribution in [2.75, 3.05) is 6.61 Å². The molecule has 0 heterocycles. The number of benzene rings is 1. The molecule has 3 heteroatoms. The normalized spacial score (nSPS) is 9.92. The summed E-state index contributed by atoms with van der Waals surface area (Å²) < 4.78 is 6.26. The van der Waals surface area contributed by atoms with Gasteiger partial charge in [0.25, 0.3) is 0 Å². The average Bonchev–Trinajstić information content (AvgIpc) is 2.08. The van der Waals surface area contributed by atoms with Gasteiger partial charge in [-0.15, -0.1) is 0 Å². The van der Waals surface area contributed by atoms with Crippen LogP contribution in [0.5, 0.6) is 5.75 Å². The number of aliphatic hydroxyl groups is 1. The van der Waals surface area contributed by atoms with Crippen LogP contribution in [0.2, 0.25) is 0 Å². The van der Waals surface area contributed by atoms with E-state index in [9.17, 15) is 0 Å². The van der Waals surface area contributed by atoms with Gasteiger partial charge in [0, 0.05) is 10.0 Å². The molecule has 0 aliphatic heterocycles. The average molecular weight is 231 g/mol. The first-order valence-corrected chi connectivity index (χ1v) is 4.59. The molecule has 0 saturated carbocycles. The van der Waals surface area contributed by atoms with Crippen molar-refractivity contribution in [1.82, 2.24) is 0 Å². The number of halogens is 1. The van der Waals surface area contributed by atoms with Crippen LogP contribution in [0, 0.1) is 0 Å². The highest BCUT2D eigenvalue weighted by Crippen LogP contribution is 2.22. The molecule has 0 atom stereocenters. The number of aliphatic hydroxyl groups excluding tert-OH is 1. The van der Waals surface area contributed by atoms with Gasteiger partial charge in [-0.3, -0.25) is 0 Å². The highest BCUT2D eigenvalue weighted by Gasteiger charge is 2.01. The Morgan fingerprint density at radius 2 is 2.25 bits per heavy atom. The number of ether oxygens (including phenoxy) is 1. The van der Waals surface area contributed by atoms with Crippen LogP contribution in [0.4, 0.5) is 0 Å². The van der Waals surface area contributed by atoms with E-state index in [4.69, 9.17) is 9.84 Å². The molecule has 1 aromatic carbocycles. The van der Waals surface area contributed by atoms with Crippen molar-refractivity contribution in [3.8, 4) is 5.75 Å². The highest BCUT2D eigenvalue weighted by molar-refractivity contribution is 9.10. The molecule has 0 saturated heterocycles. The molecule has 0 unspecified atom stereocenters. The van der Waals surface area contributed by atoms with Gasteiger partial charge < -0.3 is 9.84 Å². The topological polar surface area (TPSA) is 29.5 Å². The lowest BCUT2D eigenvalue weighted by atomic mass is 10.2. The fourth-order valence-electron chi connectivity index (χ4n) is 0.968. The van der Waals surface area contributed by atoms with Gasteiger partial charge in [-0.25, -0.2) is 0 Å². The monoisotopic (exact) mass is 230 g/mol. The third kappa shape index (κ3) is 2.22. The molecule has 0 radical (unpaired) electrons. The van der Waals surface area contributed by atoms with Gasteiger partial charge in [-0.1, -0.05) is 15.9 Å². The van der Waals surface area contributed by atoms with Crippen molar-refractivity contribution < 1.29 is 9.84 Å². The molecule has 1 aromatic rings. The van der Waals surface area contributed by atoms with Crippen LogP contribution in [-0.4, -0.2) is 11.7 Å². The van der Waals surface area contributed by atoms with Gasteiger partial charge in [-0.2, -0.15) is 0 Å². The summed E-state index contributed by atoms with van der Waals surface area (Å²) in [6.45, 7) is 2.55. The van der Waals surface area contributed by atoms with E-state index >= 15 is 0 Å². The minimum absolute atomic E-state index is 0.00870. The molecule has 0 aliphatic rings. The Balaban J connectivity index is 2.94. The molecular weight excluding hydrogens is 220 g/mol. The standard InChI is InChI=1S/C9H11BrO2/c1-2-12-9-4-3-8(10)5-7(9)6-11/h3-5,11H,2,6H2,1H3.